The van der Waals surface area contributed by atoms with E-state index in [1.807, 2.05) is 6.92 Å². The van der Waals surface area contributed by atoms with Gasteiger partial charge in [-0.1, -0.05) is 13.8 Å². The molecule has 1 aromatic rings. The zero-order valence-electron chi connectivity index (χ0n) is 16.1. The van der Waals surface area contributed by atoms with Crippen LogP contribution in [-0.2, 0) is 20.4 Å². The molecule has 0 spiro atoms. The summed E-state index contributed by atoms with van der Waals surface area (Å²) in [4.78, 5) is 25.6. The number of hydrogen-bond donors (Lipinski definition) is 0. The van der Waals surface area contributed by atoms with Crippen molar-refractivity contribution in [3.63, 3.8) is 0 Å². The summed E-state index contributed by atoms with van der Waals surface area (Å²) in [6, 6.07) is 0. The Bertz CT molecular complexity index is 841. The fourth-order valence-corrected chi connectivity index (χ4v) is 6.66. The van der Waals surface area contributed by atoms with Crippen LogP contribution < -0.4 is 4.90 Å². The fourth-order valence-electron chi connectivity index (χ4n) is 4.67. The number of sulfone groups is 1. The molecule has 7 nitrogen and oxygen atoms in total. The molecule has 4 rings (SSSR count). The Morgan fingerprint density at radius 3 is 2.85 bits per heavy atom. The molecule has 0 radical (unpaired) electrons. The van der Waals surface area contributed by atoms with E-state index in [0.717, 1.165) is 31.6 Å². The number of nitrogens with zero attached hydrogens (tertiary/aromatic N) is 4. The molecule has 1 aromatic heterocycles. The number of likely N-dealkylation sites (tertiary alicyclic amines) is 1. The minimum Gasteiger partial charge on any atom is -0.341 e. The highest BCUT2D eigenvalue weighted by Crippen LogP contribution is 2.40. The van der Waals surface area contributed by atoms with Crippen LogP contribution in [0.15, 0.2) is 6.20 Å². The minimum absolute atomic E-state index is 0.0179. The third kappa shape index (κ3) is 3.44. The van der Waals surface area contributed by atoms with E-state index in [1.165, 1.54) is 6.42 Å². The van der Waals surface area contributed by atoms with Crippen molar-refractivity contribution in [2.24, 2.45) is 5.92 Å². The van der Waals surface area contributed by atoms with Gasteiger partial charge >= 0.3 is 0 Å². The summed E-state index contributed by atoms with van der Waals surface area (Å²) < 4.78 is 25.6. The van der Waals surface area contributed by atoms with Crippen LogP contribution in [0.25, 0.3) is 0 Å². The second kappa shape index (κ2) is 7.04. The van der Waals surface area contributed by atoms with Crippen molar-refractivity contribution >= 4 is 21.7 Å². The number of amides is 1. The van der Waals surface area contributed by atoms with Gasteiger partial charge in [0.2, 0.25) is 11.9 Å². The summed E-state index contributed by atoms with van der Waals surface area (Å²) >= 11 is 0. The molecule has 3 aliphatic rings. The lowest BCUT2D eigenvalue weighted by Crippen LogP contribution is -2.38. The van der Waals surface area contributed by atoms with Gasteiger partial charge in [-0.15, -0.1) is 0 Å². The molecular formula is C19H28N4O3S. The van der Waals surface area contributed by atoms with Crippen LogP contribution in [0.1, 0.15) is 56.7 Å². The van der Waals surface area contributed by atoms with Crippen molar-refractivity contribution < 1.29 is 13.2 Å². The van der Waals surface area contributed by atoms with Crippen molar-refractivity contribution in [2.45, 2.75) is 56.5 Å². The lowest BCUT2D eigenvalue weighted by molar-refractivity contribution is -0.130. The Kier molecular flexibility index (Phi) is 4.86. The molecule has 2 saturated heterocycles. The zero-order valence-corrected chi connectivity index (χ0v) is 16.9. The summed E-state index contributed by atoms with van der Waals surface area (Å²) in [7, 11) is -3.29. The van der Waals surface area contributed by atoms with Gasteiger partial charge in [-0.05, 0) is 25.2 Å². The van der Waals surface area contributed by atoms with Crippen LogP contribution in [0.2, 0.25) is 0 Å². The van der Waals surface area contributed by atoms with Gasteiger partial charge in [0.1, 0.15) is 0 Å². The third-order valence-electron chi connectivity index (χ3n) is 6.08. The quantitative estimate of drug-likeness (QED) is 0.779. The highest BCUT2D eigenvalue weighted by atomic mass is 32.2. The first-order valence-electron chi connectivity index (χ1n) is 9.99. The first-order valence-corrected chi connectivity index (χ1v) is 11.7. The Morgan fingerprint density at radius 2 is 2.11 bits per heavy atom. The maximum Gasteiger partial charge on any atom is 0.225 e. The number of anilines is 1. The normalized spacial score (nSPS) is 29.3. The lowest BCUT2D eigenvalue weighted by atomic mass is 9.99. The van der Waals surface area contributed by atoms with Gasteiger partial charge in [0.15, 0.2) is 9.84 Å². The second-order valence-corrected chi connectivity index (χ2v) is 10.5. The van der Waals surface area contributed by atoms with Crippen LogP contribution in [0, 0.1) is 5.92 Å². The van der Waals surface area contributed by atoms with Crippen LogP contribution in [0.3, 0.4) is 0 Å². The Labute approximate surface area is 161 Å². The molecule has 0 saturated carbocycles. The molecule has 2 fully saturated rings. The maximum atomic E-state index is 12.8. The number of carbonyl (C=O) groups excluding carboxylic acids is 1. The lowest BCUT2D eigenvalue weighted by Gasteiger charge is -2.32. The van der Waals surface area contributed by atoms with Crippen molar-refractivity contribution in [1.29, 1.82) is 0 Å². The van der Waals surface area contributed by atoms with E-state index in [4.69, 9.17) is 4.98 Å². The Morgan fingerprint density at radius 1 is 1.30 bits per heavy atom. The van der Waals surface area contributed by atoms with Gasteiger partial charge in [-0.25, -0.2) is 18.4 Å². The van der Waals surface area contributed by atoms with Gasteiger partial charge in [0.25, 0.3) is 0 Å². The summed E-state index contributed by atoms with van der Waals surface area (Å²) in [6.07, 6.45) is 5.28. The smallest absolute Gasteiger partial charge is 0.225 e. The first kappa shape index (κ1) is 18.7. The standard InChI is InChI=1S/C19H28N4O3S/c1-3-5-17(24)23-10-15-16(11-23)27(25,26)12-14-8-20-19(21-18(14)15)22-7-4-6-13(2)9-22/h8,13,15-16H,3-7,9-12H2,1-2H3/t13-,15+,16-/m1/s1. The molecule has 148 valence electrons. The number of fused-ring (bicyclic) bond motifs is 3. The van der Waals surface area contributed by atoms with Gasteiger partial charge in [-0.3, -0.25) is 4.79 Å². The number of hydrogen-bond acceptors (Lipinski definition) is 6. The van der Waals surface area contributed by atoms with E-state index in [9.17, 15) is 13.2 Å². The van der Waals surface area contributed by atoms with E-state index in [1.54, 1.807) is 11.1 Å². The van der Waals surface area contributed by atoms with E-state index < -0.39 is 15.1 Å². The van der Waals surface area contributed by atoms with Gasteiger partial charge in [-0.2, -0.15) is 0 Å². The molecule has 0 aromatic carbocycles. The second-order valence-electron chi connectivity index (χ2n) is 8.27. The minimum atomic E-state index is -3.29. The fraction of sp³-hybridized carbons (Fsp3) is 0.737. The molecule has 27 heavy (non-hydrogen) atoms. The highest BCUT2D eigenvalue weighted by Gasteiger charge is 2.48. The van der Waals surface area contributed by atoms with Crippen molar-refractivity contribution in [1.82, 2.24) is 14.9 Å². The summed E-state index contributed by atoms with van der Waals surface area (Å²) in [5, 5.41) is -0.533. The molecule has 0 N–H and O–H groups in total. The number of rotatable bonds is 3. The van der Waals surface area contributed by atoms with Crippen LogP contribution in [0.5, 0.6) is 0 Å². The number of piperidine rings is 1. The molecule has 0 unspecified atom stereocenters. The van der Waals surface area contributed by atoms with E-state index in [2.05, 4.69) is 16.8 Å². The zero-order chi connectivity index (χ0) is 19.2. The van der Waals surface area contributed by atoms with Crippen LogP contribution in [0.4, 0.5) is 5.95 Å². The first-order chi connectivity index (χ1) is 12.9. The molecular weight excluding hydrogens is 364 g/mol. The van der Waals surface area contributed by atoms with E-state index in [-0.39, 0.29) is 17.6 Å². The van der Waals surface area contributed by atoms with Gasteiger partial charge in [0, 0.05) is 50.3 Å². The molecule has 1 amide bonds. The highest BCUT2D eigenvalue weighted by molar-refractivity contribution is 7.91. The maximum absolute atomic E-state index is 12.8. The van der Waals surface area contributed by atoms with Gasteiger partial charge < -0.3 is 9.80 Å². The molecule has 3 aliphatic heterocycles. The predicted molar refractivity (Wildman–Crippen MR) is 103 cm³/mol. The predicted octanol–water partition coefficient (Wildman–Crippen LogP) is 1.74. The Hall–Kier alpha value is -1.70. The van der Waals surface area contributed by atoms with Crippen molar-refractivity contribution in [3.8, 4) is 0 Å². The average Bonchev–Trinajstić information content (AvgIpc) is 3.08. The van der Waals surface area contributed by atoms with Crippen LogP contribution >= 0.6 is 0 Å². The van der Waals surface area contributed by atoms with Crippen molar-refractivity contribution in [2.75, 3.05) is 31.1 Å². The number of aromatic nitrogens is 2. The topological polar surface area (TPSA) is 83.5 Å². The molecule has 3 atom stereocenters. The van der Waals surface area contributed by atoms with Crippen LogP contribution in [-0.4, -0.2) is 60.6 Å². The number of carbonyl (C=O) groups is 1. The summed E-state index contributed by atoms with van der Waals surface area (Å²) in [5.41, 5.74) is 1.54. The SMILES string of the molecule is CCCC(=O)N1C[C@@H]2c3nc(N4CCC[C@@H](C)C4)ncc3CS(=O)(=O)[C@@H]2C1. The monoisotopic (exact) mass is 392 g/mol. The largest absolute Gasteiger partial charge is 0.341 e. The Balaban J connectivity index is 1.66. The third-order valence-corrected chi connectivity index (χ3v) is 8.19. The summed E-state index contributed by atoms with van der Waals surface area (Å²) in [5.74, 6) is 1.11. The van der Waals surface area contributed by atoms with Crippen molar-refractivity contribution in [3.05, 3.63) is 17.5 Å². The molecule has 0 bridgehead atoms. The molecule has 8 heteroatoms. The average molecular weight is 393 g/mol. The van der Waals surface area contributed by atoms with E-state index >= 15 is 0 Å². The van der Waals surface area contributed by atoms with E-state index in [0.29, 0.717) is 36.9 Å². The molecule has 0 aliphatic carbocycles. The molecule has 4 heterocycles. The summed E-state index contributed by atoms with van der Waals surface area (Å²) in [6.45, 7) is 6.82. The van der Waals surface area contributed by atoms with Gasteiger partial charge in [0.05, 0.1) is 16.7 Å².